The molecule has 1 aromatic heterocycles. The molecule has 182 valence electrons. The molecule has 7 heteroatoms. The molecule has 1 saturated heterocycles. The van der Waals surface area contributed by atoms with Gasteiger partial charge >= 0.3 is 5.97 Å². The predicted molar refractivity (Wildman–Crippen MR) is 134 cm³/mol. The van der Waals surface area contributed by atoms with E-state index in [0.29, 0.717) is 30.7 Å². The van der Waals surface area contributed by atoms with Gasteiger partial charge in [-0.25, -0.2) is 0 Å². The largest absolute Gasteiger partial charge is 0.481 e. The Hall–Kier alpha value is -3.87. The molecule has 3 aromatic rings. The van der Waals surface area contributed by atoms with Gasteiger partial charge in [0.1, 0.15) is 0 Å². The van der Waals surface area contributed by atoms with Gasteiger partial charge in [0.05, 0.1) is 11.6 Å². The van der Waals surface area contributed by atoms with Gasteiger partial charge in [0.15, 0.2) is 0 Å². The van der Waals surface area contributed by atoms with Gasteiger partial charge in [-0.2, -0.15) is 0 Å². The first-order valence-corrected chi connectivity index (χ1v) is 11.9. The first kappa shape index (κ1) is 24.3. The lowest BCUT2D eigenvalue weighted by molar-refractivity contribution is -0.908. The summed E-state index contributed by atoms with van der Waals surface area (Å²) in [6.45, 7) is 5.34. The Labute approximate surface area is 205 Å². The number of carboxylic acid groups (broad SMARTS) is 1. The van der Waals surface area contributed by atoms with Crippen molar-refractivity contribution in [3.05, 3.63) is 94.8 Å². The molecule has 1 aliphatic heterocycles. The number of pyridine rings is 1. The fourth-order valence-electron chi connectivity index (χ4n) is 4.88. The average Bonchev–Trinajstić information content (AvgIpc) is 2.87. The Bertz CT molecular complexity index is 1220. The number of aryl methyl sites for hydroxylation is 2. The molecule has 0 aliphatic carbocycles. The first-order chi connectivity index (χ1) is 16.9. The number of carbonyl (C=O) groups is 1. The summed E-state index contributed by atoms with van der Waals surface area (Å²) in [4.78, 5) is 13.5. The highest BCUT2D eigenvalue weighted by molar-refractivity contribution is 6.00. The number of hydrogen-bond donors (Lipinski definition) is 3. The number of aromatic nitrogens is 1. The van der Waals surface area contributed by atoms with E-state index in [0.717, 1.165) is 45.8 Å². The Morgan fingerprint density at radius 1 is 1.09 bits per heavy atom. The molecule has 1 fully saturated rings. The molecule has 2 heterocycles. The quantitative estimate of drug-likeness (QED) is 0.154. The van der Waals surface area contributed by atoms with Crippen LogP contribution in [0.5, 0.6) is 0 Å². The Morgan fingerprint density at radius 2 is 1.77 bits per heavy atom. The Morgan fingerprint density at radius 3 is 2.37 bits per heavy atom. The van der Waals surface area contributed by atoms with Crippen LogP contribution in [0.1, 0.15) is 53.1 Å². The van der Waals surface area contributed by atoms with Crippen molar-refractivity contribution in [3.8, 4) is 0 Å². The summed E-state index contributed by atoms with van der Waals surface area (Å²) >= 11 is 0. The molecule has 2 aromatic carbocycles. The second-order valence-electron chi connectivity index (χ2n) is 9.25. The Balaban J connectivity index is 1.62. The molecule has 0 spiro atoms. The normalized spacial score (nSPS) is 15.7. The molecule has 0 amide bonds. The van der Waals surface area contributed by atoms with E-state index in [9.17, 15) is 20.3 Å². The minimum Gasteiger partial charge on any atom is -0.481 e. The maximum Gasteiger partial charge on any atom is 0.306 e. The maximum absolute atomic E-state index is 11.3. The molecule has 0 saturated carbocycles. The van der Waals surface area contributed by atoms with Gasteiger partial charge in [0.25, 0.3) is 0 Å². The molecular weight excluding hydrogens is 442 g/mol. The molecule has 7 nitrogen and oxygen atoms in total. The van der Waals surface area contributed by atoms with Gasteiger partial charge in [0.2, 0.25) is 11.9 Å². The summed E-state index contributed by atoms with van der Waals surface area (Å²) in [7, 11) is 0. The minimum absolute atomic E-state index is 0.0318. The molecule has 3 N–H and O–H groups in total. The highest BCUT2D eigenvalue weighted by Crippen LogP contribution is 2.33. The van der Waals surface area contributed by atoms with E-state index >= 15 is 0 Å². The SMILES string of the molecule is Cc1ccccc1[C@H](C/C(=N\O)c1cc[n+](O)c(C)c1)c1ccc(N2CCC(C(=O)O)CC2)cc1. The smallest absolute Gasteiger partial charge is 0.306 e. The predicted octanol–water partition coefficient (Wildman–Crippen LogP) is 4.53. The summed E-state index contributed by atoms with van der Waals surface area (Å²) < 4.78 is 1.04. The summed E-state index contributed by atoms with van der Waals surface area (Å²) in [5.41, 5.74) is 6.46. The van der Waals surface area contributed by atoms with Gasteiger partial charge in [-0.3, -0.25) is 10.0 Å². The van der Waals surface area contributed by atoms with Gasteiger partial charge in [-0.1, -0.05) is 41.6 Å². The van der Waals surface area contributed by atoms with E-state index in [4.69, 9.17) is 0 Å². The number of aliphatic carboxylic acids is 1. The number of piperidine rings is 1. The summed E-state index contributed by atoms with van der Waals surface area (Å²) in [5.74, 6) is -0.991. The zero-order valence-corrected chi connectivity index (χ0v) is 20.1. The van der Waals surface area contributed by atoms with Crippen molar-refractivity contribution in [1.82, 2.24) is 0 Å². The standard InChI is InChI=1S/C28H31N3O4/c1-19-5-3-4-6-25(19)26(18-27(29-34)23-13-16-31(35)20(2)17-23)21-7-9-24(10-8-21)30-14-11-22(12-15-30)28(32)33/h3-10,13,16-17,22,26,35H,11-12,14-15,18H2,1-2H3,(H,32,33)/p+1/t26-/m1/s1. The van der Waals surface area contributed by atoms with Crippen molar-refractivity contribution in [2.75, 3.05) is 18.0 Å². The zero-order valence-electron chi connectivity index (χ0n) is 20.1. The summed E-state index contributed by atoms with van der Waals surface area (Å²) in [6, 6.07) is 20.2. The maximum atomic E-state index is 11.3. The van der Waals surface area contributed by atoms with Gasteiger partial charge < -0.3 is 15.2 Å². The number of hydrogen-bond acceptors (Lipinski definition) is 5. The molecule has 1 aliphatic rings. The molecule has 0 unspecified atom stereocenters. The van der Waals surface area contributed by atoms with E-state index < -0.39 is 5.97 Å². The molecule has 1 atom stereocenters. The van der Waals surface area contributed by atoms with Crippen LogP contribution in [0.15, 0.2) is 72.0 Å². The number of anilines is 1. The lowest BCUT2D eigenvalue weighted by Crippen LogP contribution is -2.36. The van der Waals surface area contributed by atoms with Crippen LogP contribution in [0.3, 0.4) is 0 Å². The summed E-state index contributed by atoms with van der Waals surface area (Å²) in [6.07, 6.45) is 3.34. The first-order valence-electron chi connectivity index (χ1n) is 11.9. The van der Waals surface area contributed by atoms with Crippen LogP contribution in [0.4, 0.5) is 5.69 Å². The van der Waals surface area contributed by atoms with E-state index in [2.05, 4.69) is 53.4 Å². The van der Waals surface area contributed by atoms with Crippen LogP contribution in [-0.4, -0.2) is 40.3 Å². The lowest BCUT2D eigenvalue weighted by Gasteiger charge is -2.32. The lowest BCUT2D eigenvalue weighted by atomic mass is 9.83. The monoisotopic (exact) mass is 474 g/mol. The topological polar surface area (TPSA) is 97.2 Å². The second kappa shape index (κ2) is 10.6. The number of nitrogens with zero attached hydrogens (tertiary/aromatic N) is 3. The number of carboxylic acids is 1. The number of rotatable bonds is 7. The third-order valence-corrected chi connectivity index (χ3v) is 7.04. The van der Waals surface area contributed by atoms with Crippen LogP contribution in [-0.2, 0) is 4.79 Å². The second-order valence-corrected chi connectivity index (χ2v) is 9.25. The average molecular weight is 475 g/mol. The molecule has 0 bridgehead atoms. The van der Waals surface area contributed by atoms with Crippen molar-refractivity contribution >= 4 is 17.4 Å². The van der Waals surface area contributed by atoms with Gasteiger partial charge in [-0.05, 0) is 48.6 Å². The minimum atomic E-state index is -0.704. The third kappa shape index (κ3) is 5.45. The summed E-state index contributed by atoms with van der Waals surface area (Å²) in [5, 5.41) is 32.6. The van der Waals surface area contributed by atoms with E-state index in [-0.39, 0.29) is 11.8 Å². The van der Waals surface area contributed by atoms with Crippen molar-refractivity contribution < 1.29 is 25.0 Å². The number of benzene rings is 2. The van der Waals surface area contributed by atoms with E-state index in [1.807, 2.05) is 12.1 Å². The van der Waals surface area contributed by atoms with Gasteiger partial charge in [-0.15, -0.1) is 0 Å². The molecule has 0 radical (unpaired) electrons. The fraction of sp³-hybridized carbons (Fsp3) is 0.321. The molecule has 4 rings (SSSR count). The fourth-order valence-corrected chi connectivity index (χ4v) is 4.88. The molecular formula is C28H32N3O4+. The van der Waals surface area contributed by atoms with Crippen LogP contribution >= 0.6 is 0 Å². The molecule has 35 heavy (non-hydrogen) atoms. The van der Waals surface area contributed by atoms with E-state index in [1.165, 1.54) is 0 Å². The van der Waals surface area contributed by atoms with Gasteiger partial charge in [0, 0.05) is 60.5 Å². The van der Waals surface area contributed by atoms with Crippen molar-refractivity contribution in [1.29, 1.82) is 0 Å². The third-order valence-electron chi connectivity index (χ3n) is 7.04. The Kier molecular flexibility index (Phi) is 7.34. The van der Waals surface area contributed by atoms with Crippen molar-refractivity contribution in [3.63, 3.8) is 0 Å². The highest BCUT2D eigenvalue weighted by atomic mass is 16.5. The van der Waals surface area contributed by atoms with E-state index in [1.54, 1.807) is 25.3 Å². The van der Waals surface area contributed by atoms with Crippen LogP contribution in [0.25, 0.3) is 0 Å². The van der Waals surface area contributed by atoms with Crippen LogP contribution < -0.4 is 9.63 Å². The van der Waals surface area contributed by atoms with Crippen LogP contribution in [0, 0.1) is 19.8 Å². The number of oxime groups is 1. The highest BCUT2D eigenvalue weighted by Gasteiger charge is 2.25. The van der Waals surface area contributed by atoms with Crippen molar-refractivity contribution in [2.24, 2.45) is 11.1 Å². The van der Waals surface area contributed by atoms with Crippen molar-refractivity contribution in [2.45, 2.75) is 39.0 Å². The van der Waals surface area contributed by atoms with Crippen LogP contribution in [0.2, 0.25) is 0 Å². The zero-order chi connectivity index (χ0) is 24.9.